The van der Waals surface area contributed by atoms with Crippen LogP contribution in [-0.2, 0) is 7.05 Å². The molecule has 192 valence electrons. The van der Waals surface area contributed by atoms with Crippen LogP contribution in [0.1, 0.15) is 67.0 Å². The molecule has 2 heterocycles. The lowest BCUT2D eigenvalue weighted by Crippen LogP contribution is -2.08. The third kappa shape index (κ3) is 4.43. The van der Waals surface area contributed by atoms with E-state index in [1.807, 2.05) is 0 Å². The van der Waals surface area contributed by atoms with Crippen molar-refractivity contribution in [1.82, 2.24) is 4.57 Å². The van der Waals surface area contributed by atoms with Crippen molar-refractivity contribution in [2.45, 2.75) is 46.0 Å². The molecule has 3 aliphatic rings. The van der Waals surface area contributed by atoms with Crippen LogP contribution >= 0.6 is 0 Å². The van der Waals surface area contributed by atoms with Gasteiger partial charge in [0.15, 0.2) is 0 Å². The average molecular weight is 500 g/mol. The highest BCUT2D eigenvalue weighted by Gasteiger charge is 2.24. The Labute approximate surface area is 227 Å². The molecule has 1 aliphatic heterocycles. The van der Waals surface area contributed by atoms with E-state index in [1.54, 1.807) is 0 Å². The molecular weight excluding hydrogens is 462 g/mol. The van der Waals surface area contributed by atoms with Gasteiger partial charge in [-0.2, -0.15) is 0 Å². The zero-order chi connectivity index (χ0) is 26.2. The zero-order valence-electron chi connectivity index (χ0n) is 22.8. The van der Waals surface area contributed by atoms with E-state index in [4.69, 9.17) is 4.74 Å². The van der Waals surface area contributed by atoms with Crippen molar-refractivity contribution in [2.24, 2.45) is 18.9 Å². The third-order valence-electron chi connectivity index (χ3n) is 8.55. The van der Waals surface area contributed by atoms with Crippen molar-refractivity contribution in [3.63, 3.8) is 0 Å². The lowest BCUT2D eigenvalue weighted by Gasteiger charge is -2.23. The molecule has 2 aliphatic carbocycles. The molecular formula is C36H37NO. The van der Waals surface area contributed by atoms with Crippen molar-refractivity contribution >= 4 is 34.7 Å². The smallest absolute Gasteiger partial charge is 0.136 e. The third-order valence-corrected chi connectivity index (χ3v) is 8.55. The number of hydrogen-bond acceptors (Lipinski definition) is 1. The first-order valence-corrected chi connectivity index (χ1v) is 14.0. The second-order valence-electron chi connectivity index (χ2n) is 11.1. The van der Waals surface area contributed by atoms with Gasteiger partial charge in [-0.3, -0.25) is 0 Å². The van der Waals surface area contributed by atoms with Gasteiger partial charge >= 0.3 is 0 Å². The Kier molecular flexibility index (Phi) is 6.57. The Hall–Kier alpha value is -3.78. The highest BCUT2D eigenvalue weighted by atomic mass is 16.5. The molecule has 1 saturated carbocycles. The van der Waals surface area contributed by atoms with E-state index in [9.17, 15) is 0 Å². The number of rotatable bonds is 6. The summed E-state index contributed by atoms with van der Waals surface area (Å²) in [5.41, 5.74) is 9.50. The SMILES string of the molecule is C=C(/C=C\c1ccccc1C)c1c(/C=C\CC2CCC2)c2ccc3c(c2n1C)C=CC1=C(C=CCC1C)O3. The van der Waals surface area contributed by atoms with Crippen LogP contribution in [-0.4, -0.2) is 4.57 Å². The number of aryl methyl sites for hydroxylation is 2. The molecule has 1 fully saturated rings. The van der Waals surface area contributed by atoms with Crippen LogP contribution < -0.4 is 4.74 Å². The van der Waals surface area contributed by atoms with Crippen molar-refractivity contribution < 1.29 is 4.74 Å². The van der Waals surface area contributed by atoms with Crippen molar-refractivity contribution in [3.05, 3.63) is 113 Å². The van der Waals surface area contributed by atoms with Crippen LogP contribution in [0.3, 0.4) is 0 Å². The van der Waals surface area contributed by atoms with Gasteiger partial charge < -0.3 is 9.30 Å². The van der Waals surface area contributed by atoms with Crippen LogP contribution in [0.5, 0.6) is 5.75 Å². The first-order chi connectivity index (χ1) is 18.5. The topological polar surface area (TPSA) is 14.2 Å². The number of hydrogen-bond donors (Lipinski definition) is 0. The Bertz CT molecular complexity index is 1560. The predicted molar refractivity (Wildman–Crippen MR) is 163 cm³/mol. The van der Waals surface area contributed by atoms with Crippen molar-refractivity contribution in [1.29, 1.82) is 0 Å². The molecule has 38 heavy (non-hydrogen) atoms. The minimum atomic E-state index is 0.455. The van der Waals surface area contributed by atoms with E-state index in [2.05, 4.69) is 117 Å². The molecule has 1 unspecified atom stereocenters. The van der Waals surface area contributed by atoms with Gasteiger partial charge in [0.2, 0.25) is 0 Å². The second-order valence-corrected chi connectivity index (χ2v) is 11.1. The summed E-state index contributed by atoms with van der Waals surface area (Å²) >= 11 is 0. The fourth-order valence-corrected chi connectivity index (χ4v) is 6.02. The highest BCUT2D eigenvalue weighted by Crippen LogP contribution is 2.41. The van der Waals surface area contributed by atoms with E-state index >= 15 is 0 Å². The van der Waals surface area contributed by atoms with Gasteiger partial charge in [0.1, 0.15) is 11.5 Å². The fraction of sp³-hybridized carbons (Fsp3) is 0.278. The summed E-state index contributed by atoms with van der Waals surface area (Å²) in [6, 6.07) is 12.9. The Morgan fingerprint density at radius 3 is 2.71 bits per heavy atom. The molecule has 3 aromatic rings. The largest absolute Gasteiger partial charge is 0.456 e. The summed E-state index contributed by atoms with van der Waals surface area (Å²) in [6.07, 6.45) is 24.2. The first-order valence-electron chi connectivity index (χ1n) is 14.0. The number of benzene rings is 2. The Morgan fingerprint density at radius 1 is 1.08 bits per heavy atom. The van der Waals surface area contributed by atoms with Gasteiger partial charge in [0, 0.05) is 23.6 Å². The lowest BCUT2D eigenvalue weighted by molar-refractivity contribution is 0.320. The van der Waals surface area contributed by atoms with Crippen molar-refractivity contribution in [3.8, 4) is 5.75 Å². The maximum absolute atomic E-state index is 6.52. The standard InChI is InChI=1S/C36H37NO/c1-24-10-5-6-15-28(24)19-18-26(3)35-30(16-9-14-27-12-8-13-27)31-22-23-34-32(36(31)37(35)4)21-20-29-25(2)11-7-17-33(29)38-34/h5-7,9-10,15-23,25,27H,3,8,11-14H2,1-2,4H3/b16-9-,19-18-. The van der Waals surface area contributed by atoms with E-state index in [0.717, 1.165) is 47.1 Å². The second kappa shape index (κ2) is 10.2. The summed E-state index contributed by atoms with van der Waals surface area (Å²) in [5, 5.41) is 1.24. The van der Waals surface area contributed by atoms with Crippen LogP contribution in [0, 0.1) is 18.8 Å². The van der Waals surface area contributed by atoms with Crippen LogP contribution in [0.15, 0.2) is 84.7 Å². The molecule has 0 bridgehead atoms. The monoisotopic (exact) mass is 499 g/mol. The minimum absolute atomic E-state index is 0.455. The maximum atomic E-state index is 6.52. The average Bonchev–Trinajstić information content (AvgIpc) is 3.03. The first kappa shape index (κ1) is 24.6. The zero-order valence-corrected chi connectivity index (χ0v) is 22.8. The Morgan fingerprint density at radius 2 is 1.92 bits per heavy atom. The highest BCUT2D eigenvalue weighted by molar-refractivity contribution is 6.02. The molecule has 0 spiro atoms. The number of allylic oxidation sites excluding steroid dienone is 7. The van der Waals surface area contributed by atoms with Crippen LogP contribution in [0.4, 0.5) is 0 Å². The van der Waals surface area contributed by atoms with Crippen LogP contribution in [0.25, 0.3) is 34.7 Å². The molecule has 2 nitrogen and oxygen atoms in total. The summed E-state index contributed by atoms with van der Waals surface area (Å²) in [7, 11) is 2.17. The van der Waals surface area contributed by atoms with Gasteiger partial charge in [-0.15, -0.1) is 0 Å². The summed E-state index contributed by atoms with van der Waals surface area (Å²) < 4.78 is 8.84. The van der Waals surface area contributed by atoms with E-state index in [0.29, 0.717) is 5.92 Å². The minimum Gasteiger partial charge on any atom is -0.456 e. The van der Waals surface area contributed by atoms with Gasteiger partial charge in [0.05, 0.1) is 11.2 Å². The quantitative estimate of drug-likeness (QED) is 0.308. The molecule has 1 atom stereocenters. The van der Waals surface area contributed by atoms with Gasteiger partial charge in [-0.25, -0.2) is 0 Å². The lowest BCUT2D eigenvalue weighted by atomic mass is 9.83. The van der Waals surface area contributed by atoms with Gasteiger partial charge in [-0.1, -0.05) is 93.5 Å². The Balaban J connectivity index is 1.46. The molecule has 2 heteroatoms. The number of ether oxygens (including phenoxy) is 1. The van der Waals surface area contributed by atoms with E-state index < -0.39 is 0 Å². The number of fused-ring (bicyclic) bond motifs is 3. The van der Waals surface area contributed by atoms with Gasteiger partial charge in [0.25, 0.3) is 0 Å². The van der Waals surface area contributed by atoms with Crippen molar-refractivity contribution in [2.75, 3.05) is 0 Å². The molecule has 1 aromatic heterocycles. The molecule has 0 N–H and O–H groups in total. The van der Waals surface area contributed by atoms with Gasteiger partial charge in [-0.05, 0) is 78.2 Å². The maximum Gasteiger partial charge on any atom is 0.136 e. The number of nitrogens with zero attached hydrogens (tertiary/aromatic N) is 1. The molecule has 6 rings (SSSR count). The summed E-state index contributed by atoms with van der Waals surface area (Å²) in [5.74, 6) is 3.18. The van der Waals surface area contributed by atoms with E-state index in [1.165, 1.54) is 52.4 Å². The predicted octanol–water partition coefficient (Wildman–Crippen LogP) is 9.67. The molecule has 2 aromatic carbocycles. The summed E-state index contributed by atoms with van der Waals surface area (Å²) in [6.45, 7) is 8.97. The number of aromatic nitrogens is 1. The normalized spacial score (nSPS) is 19.1. The van der Waals surface area contributed by atoms with E-state index in [-0.39, 0.29) is 0 Å². The molecule has 0 saturated heterocycles. The summed E-state index contributed by atoms with van der Waals surface area (Å²) in [4.78, 5) is 0. The molecule has 0 amide bonds. The molecule has 0 radical (unpaired) electrons. The van der Waals surface area contributed by atoms with Crippen LogP contribution in [0.2, 0.25) is 0 Å². The fourth-order valence-electron chi connectivity index (χ4n) is 6.02.